The lowest BCUT2D eigenvalue weighted by Crippen LogP contribution is -2.43. The van der Waals surface area contributed by atoms with Crippen LogP contribution in [-0.4, -0.2) is 33.2 Å². The van der Waals surface area contributed by atoms with Gasteiger partial charge in [0.1, 0.15) is 4.83 Å². The normalized spacial score (nSPS) is 19.8. The van der Waals surface area contributed by atoms with Crippen molar-refractivity contribution in [2.45, 2.75) is 45.6 Å². The maximum absolute atomic E-state index is 12.8. The molecule has 1 aliphatic heterocycles. The maximum atomic E-state index is 12.8. The van der Waals surface area contributed by atoms with Crippen molar-refractivity contribution < 1.29 is 4.79 Å². The molecule has 20 heavy (non-hydrogen) atoms. The highest BCUT2D eigenvalue weighted by Gasteiger charge is 2.27. The summed E-state index contributed by atoms with van der Waals surface area (Å²) in [6, 6.07) is 2.44. The first kappa shape index (κ1) is 13.6. The number of aryl methyl sites for hydroxylation is 2. The highest BCUT2D eigenvalue weighted by molar-refractivity contribution is 7.20. The molecule has 0 N–H and O–H groups in total. The van der Waals surface area contributed by atoms with Crippen LogP contribution in [0.1, 0.15) is 48.0 Å². The number of nitrogens with zero attached hydrogens (tertiary/aromatic N) is 3. The third kappa shape index (κ3) is 2.14. The molecule has 2 aromatic rings. The van der Waals surface area contributed by atoms with Crippen LogP contribution in [0.2, 0.25) is 0 Å². The molecule has 0 aromatic carbocycles. The zero-order valence-corrected chi connectivity index (χ0v) is 13.2. The summed E-state index contributed by atoms with van der Waals surface area (Å²) in [5, 5.41) is 5.51. The van der Waals surface area contributed by atoms with Gasteiger partial charge in [-0.25, -0.2) is 0 Å². The van der Waals surface area contributed by atoms with Gasteiger partial charge in [-0.15, -0.1) is 11.3 Å². The Morgan fingerprint density at radius 1 is 1.50 bits per heavy atom. The maximum Gasteiger partial charge on any atom is 0.264 e. The Balaban J connectivity index is 1.93. The molecule has 1 atom stereocenters. The number of fused-ring (bicyclic) bond motifs is 1. The number of thiophene rings is 1. The molecule has 4 nitrogen and oxygen atoms in total. The fraction of sp³-hybridized carbons (Fsp3) is 0.600. The quantitative estimate of drug-likeness (QED) is 0.851. The third-order valence-corrected chi connectivity index (χ3v) is 5.46. The van der Waals surface area contributed by atoms with Crippen molar-refractivity contribution in [3.05, 3.63) is 16.6 Å². The number of amides is 1. The minimum atomic E-state index is 0.206. The largest absolute Gasteiger partial charge is 0.335 e. The van der Waals surface area contributed by atoms with Gasteiger partial charge in [-0.1, -0.05) is 6.92 Å². The van der Waals surface area contributed by atoms with E-state index in [-0.39, 0.29) is 5.91 Å². The highest BCUT2D eigenvalue weighted by atomic mass is 32.1. The molecule has 1 amide bonds. The number of hydrogen-bond acceptors (Lipinski definition) is 3. The van der Waals surface area contributed by atoms with Crippen molar-refractivity contribution in [2.75, 3.05) is 6.54 Å². The summed E-state index contributed by atoms with van der Waals surface area (Å²) in [6.07, 6.45) is 4.58. The van der Waals surface area contributed by atoms with Crippen LogP contribution in [0.5, 0.6) is 0 Å². The summed E-state index contributed by atoms with van der Waals surface area (Å²) in [5.41, 5.74) is 1.00. The van der Waals surface area contributed by atoms with Gasteiger partial charge in [0, 0.05) is 25.0 Å². The summed E-state index contributed by atoms with van der Waals surface area (Å²) < 4.78 is 1.87. The number of piperidine rings is 1. The molecule has 1 fully saturated rings. The number of rotatable bonds is 2. The van der Waals surface area contributed by atoms with E-state index >= 15 is 0 Å². The van der Waals surface area contributed by atoms with Crippen molar-refractivity contribution in [3.63, 3.8) is 0 Å². The lowest BCUT2D eigenvalue weighted by molar-refractivity contribution is 0.0613. The smallest absolute Gasteiger partial charge is 0.264 e. The molecule has 5 heteroatoms. The minimum Gasteiger partial charge on any atom is -0.335 e. The second-order valence-corrected chi connectivity index (χ2v) is 6.63. The van der Waals surface area contributed by atoms with E-state index in [0.29, 0.717) is 6.04 Å². The SMILES string of the molecule is CCC1CCCCN1C(=O)c1cc2c(C)nn(C)c2s1. The number of aromatic nitrogens is 2. The Bertz CT molecular complexity index is 608. The first-order valence-electron chi connectivity index (χ1n) is 7.36. The van der Waals surface area contributed by atoms with E-state index in [0.717, 1.165) is 46.6 Å². The van der Waals surface area contributed by atoms with Crippen LogP contribution in [-0.2, 0) is 7.05 Å². The molecule has 0 radical (unpaired) electrons. The molecule has 0 aliphatic carbocycles. The van der Waals surface area contributed by atoms with Gasteiger partial charge in [-0.3, -0.25) is 9.48 Å². The predicted octanol–water partition coefficient (Wildman–Crippen LogP) is 3.35. The second-order valence-electron chi connectivity index (χ2n) is 5.59. The predicted molar refractivity (Wildman–Crippen MR) is 82.3 cm³/mol. The van der Waals surface area contributed by atoms with E-state index in [1.165, 1.54) is 6.42 Å². The monoisotopic (exact) mass is 291 g/mol. The van der Waals surface area contributed by atoms with Gasteiger partial charge in [-0.05, 0) is 38.7 Å². The molecule has 0 spiro atoms. The molecule has 0 saturated carbocycles. The van der Waals surface area contributed by atoms with Gasteiger partial charge < -0.3 is 4.90 Å². The summed E-state index contributed by atoms with van der Waals surface area (Å²) >= 11 is 1.57. The van der Waals surface area contributed by atoms with Gasteiger partial charge in [0.05, 0.1) is 10.6 Å². The fourth-order valence-electron chi connectivity index (χ4n) is 3.14. The van der Waals surface area contributed by atoms with Crippen LogP contribution in [0.15, 0.2) is 6.07 Å². The van der Waals surface area contributed by atoms with Crippen molar-refractivity contribution in [2.24, 2.45) is 7.05 Å². The summed E-state index contributed by atoms with van der Waals surface area (Å²) in [5.74, 6) is 0.206. The number of likely N-dealkylation sites (tertiary alicyclic amines) is 1. The minimum absolute atomic E-state index is 0.206. The van der Waals surface area contributed by atoms with Gasteiger partial charge in [0.25, 0.3) is 5.91 Å². The first-order valence-corrected chi connectivity index (χ1v) is 8.17. The highest BCUT2D eigenvalue weighted by Crippen LogP contribution is 2.30. The fourth-order valence-corrected chi connectivity index (χ4v) is 4.22. The average Bonchev–Trinajstić information content (AvgIpc) is 3.01. The van der Waals surface area contributed by atoms with Crippen molar-refractivity contribution in [1.29, 1.82) is 0 Å². The zero-order chi connectivity index (χ0) is 14.3. The summed E-state index contributed by atoms with van der Waals surface area (Å²) in [4.78, 5) is 16.8. The van der Waals surface area contributed by atoms with E-state index in [2.05, 4.69) is 16.9 Å². The topological polar surface area (TPSA) is 38.1 Å². The van der Waals surface area contributed by atoms with Crippen LogP contribution in [0.25, 0.3) is 10.2 Å². The molecule has 0 bridgehead atoms. The average molecular weight is 291 g/mol. The Hall–Kier alpha value is -1.36. The Morgan fingerprint density at radius 3 is 3.00 bits per heavy atom. The Kier molecular flexibility index (Phi) is 3.54. The molecule has 3 rings (SSSR count). The van der Waals surface area contributed by atoms with Crippen LogP contribution >= 0.6 is 11.3 Å². The van der Waals surface area contributed by atoms with Crippen LogP contribution in [0.4, 0.5) is 0 Å². The Labute approximate surface area is 123 Å². The summed E-state index contributed by atoms with van der Waals surface area (Å²) in [6.45, 7) is 5.08. The second kappa shape index (κ2) is 5.20. The summed E-state index contributed by atoms with van der Waals surface area (Å²) in [7, 11) is 1.94. The molecule has 3 heterocycles. The van der Waals surface area contributed by atoms with Gasteiger partial charge in [0.2, 0.25) is 0 Å². The van der Waals surface area contributed by atoms with Crippen molar-refractivity contribution in [3.8, 4) is 0 Å². The van der Waals surface area contributed by atoms with E-state index in [9.17, 15) is 4.79 Å². The molecular weight excluding hydrogens is 270 g/mol. The van der Waals surface area contributed by atoms with E-state index < -0.39 is 0 Å². The number of hydrogen-bond donors (Lipinski definition) is 0. The zero-order valence-electron chi connectivity index (χ0n) is 12.3. The lowest BCUT2D eigenvalue weighted by Gasteiger charge is -2.35. The number of carbonyl (C=O) groups is 1. The molecule has 1 saturated heterocycles. The lowest BCUT2D eigenvalue weighted by atomic mass is 10.00. The van der Waals surface area contributed by atoms with Gasteiger partial charge in [0.15, 0.2) is 0 Å². The molecular formula is C15H21N3OS. The van der Waals surface area contributed by atoms with Crippen LogP contribution < -0.4 is 0 Å². The molecule has 1 unspecified atom stereocenters. The van der Waals surface area contributed by atoms with Crippen LogP contribution in [0.3, 0.4) is 0 Å². The first-order chi connectivity index (χ1) is 9.61. The third-order valence-electron chi connectivity index (χ3n) is 4.27. The van der Waals surface area contributed by atoms with Gasteiger partial charge in [-0.2, -0.15) is 5.10 Å². The van der Waals surface area contributed by atoms with Crippen molar-refractivity contribution >= 4 is 27.5 Å². The van der Waals surface area contributed by atoms with Gasteiger partial charge >= 0.3 is 0 Å². The van der Waals surface area contributed by atoms with E-state index in [1.807, 2.05) is 24.7 Å². The molecule has 1 aliphatic rings. The Morgan fingerprint density at radius 2 is 2.30 bits per heavy atom. The van der Waals surface area contributed by atoms with E-state index in [4.69, 9.17) is 0 Å². The standard InChI is InChI=1S/C15H21N3OS/c1-4-11-7-5-6-8-18(11)14(19)13-9-12-10(2)16-17(3)15(12)20-13/h9,11H,4-8H2,1-3H3. The van der Waals surface area contributed by atoms with E-state index in [1.54, 1.807) is 11.3 Å². The van der Waals surface area contributed by atoms with Crippen molar-refractivity contribution in [1.82, 2.24) is 14.7 Å². The molecule has 2 aromatic heterocycles. The van der Waals surface area contributed by atoms with Crippen LogP contribution in [0, 0.1) is 6.92 Å². The molecule has 108 valence electrons. The number of carbonyl (C=O) groups excluding carboxylic acids is 1.